The molecule has 0 atom stereocenters. The molecule has 0 aliphatic rings. The molecule has 1 aromatic rings. The van der Waals surface area contributed by atoms with Crippen LogP contribution in [0.25, 0.3) is 0 Å². The van der Waals surface area contributed by atoms with Gasteiger partial charge in [0.05, 0.1) is 13.5 Å². The minimum atomic E-state index is -0.408. The second kappa shape index (κ2) is 7.00. The smallest absolute Gasteiger partial charge is 0.327 e. The summed E-state index contributed by atoms with van der Waals surface area (Å²) in [6.07, 6.45) is 0.252. The standard InChI is InChI=1S/C10H15N3O3S/c1-15-8-6-7(11)2-3-9(8)17-5-4-10(14)16-13-12/h2-3,6,13H,4-5,11-12H2,1H3. The van der Waals surface area contributed by atoms with Gasteiger partial charge in [-0.1, -0.05) is 5.59 Å². The Hall–Kier alpha value is -1.44. The van der Waals surface area contributed by atoms with E-state index in [4.69, 9.17) is 16.3 Å². The molecule has 0 saturated carbocycles. The number of hydrogen-bond donors (Lipinski definition) is 3. The Bertz CT molecular complexity index is 387. The number of nitrogens with two attached hydrogens (primary N) is 2. The lowest BCUT2D eigenvalue weighted by molar-refractivity contribution is -0.150. The van der Waals surface area contributed by atoms with E-state index in [-0.39, 0.29) is 6.42 Å². The zero-order valence-electron chi connectivity index (χ0n) is 9.43. The first-order valence-electron chi connectivity index (χ1n) is 4.89. The van der Waals surface area contributed by atoms with E-state index in [1.54, 1.807) is 19.2 Å². The van der Waals surface area contributed by atoms with Crippen molar-refractivity contribution in [1.29, 1.82) is 0 Å². The molecule has 94 valence electrons. The predicted molar refractivity (Wildman–Crippen MR) is 66.2 cm³/mol. The van der Waals surface area contributed by atoms with E-state index in [9.17, 15) is 4.79 Å². The number of hydrogen-bond acceptors (Lipinski definition) is 7. The van der Waals surface area contributed by atoms with Gasteiger partial charge in [-0.2, -0.15) is 0 Å². The number of hydrazine groups is 1. The average molecular weight is 257 g/mol. The fourth-order valence-corrected chi connectivity index (χ4v) is 2.10. The largest absolute Gasteiger partial charge is 0.496 e. The molecule has 0 spiro atoms. The monoisotopic (exact) mass is 257 g/mol. The van der Waals surface area contributed by atoms with E-state index in [0.717, 1.165) is 4.90 Å². The summed E-state index contributed by atoms with van der Waals surface area (Å²) in [6, 6.07) is 5.37. The molecular formula is C10H15N3O3S. The fourth-order valence-electron chi connectivity index (χ4n) is 1.16. The molecule has 0 fully saturated rings. The number of methoxy groups -OCH3 is 1. The molecule has 1 aromatic carbocycles. The van der Waals surface area contributed by atoms with Crippen LogP contribution in [0.4, 0.5) is 5.69 Å². The van der Waals surface area contributed by atoms with E-state index in [2.05, 4.69) is 4.84 Å². The molecule has 0 aromatic heterocycles. The Morgan fingerprint density at radius 1 is 1.53 bits per heavy atom. The number of nitrogens with one attached hydrogen (secondary N) is 1. The first kappa shape index (κ1) is 13.6. The number of rotatable bonds is 6. The number of ether oxygens (including phenoxy) is 1. The molecule has 7 heteroatoms. The van der Waals surface area contributed by atoms with Gasteiger partial charge in [-0.25, -0.2) is 5.84 Å². The first-order chi connectivity index (χ1) is 8.17. The molecule has 1 rings (SSSR count). The van der Waals surface area contributed by atoms with Gasteiger partial charge in [0.1, 0.15) is 5.75 Å². The van der Waals surface area contributed by atoms with Crippen LogP contribution < -0.4 is 21.9 Å². The van der Waals surface area contributed by atoms with Crippen LogP contribution in [-0.2, 0) is 9.63 Å². The summed E-state index contributed by atoms with van der Waals surface area (Å²) in [4.78, 5) is 16.3. The van der Waals surface area contributed by atoms with Crippen LogP contribution >= 0.6 is 11.8 Å². The zero-order chi connectivity index (χ0) is 12.7. The van der Waals surface area contributed by atoms with E-state index < -0.39 is 5.97 Å². The van der Waals surface area contributed by atoms with Crippen molar-refractivity contribution in [2.24, 2.45) is 5.84 Å². The van der Waals surface area contributed by atoms with Gasteiger partial charge in [-0.05, 0) is 12.1 Å². The van der Waals surface area contributed by atoms with Crippen LogP contribution in [0.15, 0.2) is 23.1 Å². The normalized spacial score (nSPS) is 10.0. The maximum Gasteiger partial charge on any atom is 0.327 e. The molecule has 17 heavy (non-hydrogen) atoms. The van der Waals surface area contributed by atoms with Crippen LogP contribution in [0.5, 0.6) is 5.75 Å². The van der Waals surface area contributed by atoms with Gasteiger partial charge in [0.2, 0.25) is 0 Å². The Morgan fingerprint density at radius 2 is 2.29 bits per heavy atom. The summed E-state index contributed by atoms with van der Waals surface area (Å²) in [5.41, 5.74) is 8.12. The molecule has 0 saturated heterocycles. The lowest BCUT2D eigenvalue weighted by Crippen LogP contribution is -2.26. The van der Waals surface area contributed by atoms with Gasteiger partial charge in [0.15, 0.2) is 0 Å². The van der Waals surface area contributed by atoms with Crippen LogP contribution in [0, 0.1) is 0 Å². The highest BCUT2D eigenvalue weighted by atomic mass is 32.2. The van der Waals surface area contributed by atoms with Crippen LogP contribution in [0.3, 0.4) is 0 Å². The van der Waals surface area contributed by atoms with Gasteiger partial charge in [-0.3, -0.25) is 4.79 Å². The third-order valence-electron chi connectivity index (χ3n) is 1.92. The lowest BCUT2D eigenvalue weighted by atomic mass is 10.3. The Morgan fingerprint density at radius 3 is 2.94 bits per heavy atom. The van der Waals surface area contributed by atoms with Crippen molar-refractivity contribution in [3.8, 4) is 5.75 Å². The third-order valence-corrected chi connectivity index (χ3v) is 2.98. The molecule has 0 amide bonds. The topological polar surface area (TPSA) is 99.6 Å². The summed E-state index contributed by atoms with van der Waals surface area (Å²) >= 11 is 1.48. The second-order valence-electron chi connectivity index (χ2n) is 3.10. The van der Waals surface area contributed by atoms with Crippen LogP contribution in [0.2, 0.25) is 0 Å². The van der Waals surface area contributed by atoms with Crippen molar-refractivity contribution in [2.45, 2.75) is 11.3 Å². The fraction of sp³-hybridized carbons (Fsp3) is 0.300. The van der Waals surface area contributed by atoms with Crippen molar-refractivity contribution in [3.63, 3.8) is 0 Å². The van der Waals surface area contributed by atoms with E-state index in [1.165, 1.54) is 11.8 Å². The summed E-state index contributed by atoms with van der Waals surface area (Å²) in [6.45, 7) is 0. The predicted octanol–water partition coefficient (Wildman–Crippen LogP) is 0.681. The third kappa shape index (κ3) is 4.51. The van der Waals surface area contributed by atoms with Gasteiger partial charge in [-0.15, -0.1) is 11.8 Å². The SMILES string of the molecule is COc1cc(N)ccc1SCCC(=O)ONN. The number of benzene rings is 1. The maximum absolute atomic E-state index is 11.0. The highest BCUT2D eigenvalue weighted by Crippen LogP contribution is 2.31. The van der Waals surface area contributed by atoms with E-state index in [1.807, 2.05) is 11.7 Å². The molecule has 0 radical (unpaired) electrons. The number of thioether (sulfide) groups is 1. The molecule has 0 aliphatic heterocycles. The summed E-state index contributed by atoms with van der Waals surface area (Å²) < 4.78 is 5.18. The number of anilines is 1. The maximum atomic E-state index is 11.0. The minimum absolute atomic E-state index is 0.252. The Kier molecular flexibility index (Phi) is 5.61. The Labute approximate surface area is 104 Å². The van der Waals surface area contributed by atoms with Crippen molar-refractivity contribution in [1.82, 2.24) is 5.59 Å². The molecule has 0 unspecified atom stereocenters. The summed E-state index contributed by atoms with van der Waals surface area (Å²) in [5, 5.41) is 0. The molecule has 0 aliphatic carbocycles. The minimum Gasteiger partial charge on any atom is -0.496 e. The molecule has 0 heterocycles. The first-order valence-corrected chi connectivity index (χ1v) is 5.87. The summed E-state index contributed by atoms with van der Waals surface area (Å²) in [7, 11) is 1.57. The van der Waals surface area contributed by atoms with E-state index >= 15 is 0 Å². The van der Waals surface area contributed by atoms with Gasteiger partial charge >= 0.3 is 5.97 Å². The molecular weight excluding hydrogens is 242 g/mol. The van der Waals surface area contributed by atoms with Crippen molar-refractivity contribution < 1.29 is 14.4 Å². The van der Waals surface area contributed by atoms with Crippen molar-refractivity contribution >= 4 is 23.4 Å². The van der Waals surface area contributed by atoms with Crippen LogP contribution in [0.1, 0.15) is 6.42 Å². The molecule has 5 N–H and O–H groups in total. The van der Waals surface area contributed by atoms with Gasteiger partial charge in [0, 0.05) is 22.4 Å². The zero-order valence-corrected chi connectivity index (χ0v) is 10.3. The second-order valence-corrected chi connectivity index (χ2v) is 4.24. The average Bonchev–Trinajstić information content (AvgIpc) is 2.31. The number of carbonyl (C=O) groups excluding carboxylic acids is 1. The van der Waals surface area contributed by atoms with Crippen molar-refractivity contribution in [3.05, 3.63) is 18.2 Å². The highest BCUT2D eigenvalue weighted by molar-refractivity contribution is 7.99. The highest BCUT2D eigenvalue weighted by Gasteiger charge is 2.07. The van der Waals surface area contributed by atoms with Crippen molar-refractivity contribution in [2.75, 3.05) is 18.6 Å². The summed E-state index contributed by atoms with van der Waals surface area (Å²) in [5.74, 6) is 5.70. The number of nitrogen functional groups attached to an aromatic ring is 1. The quantitative estimate of drug-likeness (QED) is 0.298. The number of carbonyl (C=O) groups is 1. The van der Waals surface area contributed by atoms with Gasteiger partial charge in [0.25, 0.3) is 0 Å². The van der Waals surface area contributed by atoms with E-state index in [0.29, 0.717) is 17.2 Å². The van der Waals surface area contributed by atoms with Gasteiger partial charge < -0.3 is 15.3 Å². The van der Waals surface area contributed by atoms with Crippen LogP contribution in [-0.4, -0.2) is 18.8 Å². The molecule has 6 nitrogen and oxygen atoms in total. The molecule has 0 bridgehead atoms. The Balaban J connectivity index is 2.49. The lowest BCUT2D eigenvalue weighted by Gasteiger charge is -2.08.